The van der Waals surface area contributed by atoms with E-state index in [2.05, 4.69) is 48.0 Å². The Morgan fingerprint density at radius 2 is 1.97 bits per heavy atom. The number of aryl methyl sites for hydroxylation is 2. The average molecular weight is 508 g/mol. The Balaban J connectivity index is 1.60. The van der Waals surface area contributed by atoms with Gasteiger partial charge < -0.3 is 21.5 Å². The van der Waals surface area contributed by atoms with Crippen LogP contribution < -0.4 is 27.0 Å². The summed E-state index contributed by atoms with van der Waals surface area (Å²) in [7, 11) is 0. The Bertz CT molecular complexity index is 1510. The molecule has 1 aliphatic heterocycles. The Morgan fingerprint density at radius 3 is 2.66 bits per heavy atom. The molecule has 0 aliphatic carbocycles. The summed E-state index contributed by atoms with van der Waals surface area (Å²) in [6.07, 6.45) is 4.77. The first-order valence-electron chi connectivity index (χ1n) is 10.5. The largest absolute Gasteiger partial charge is 0.372 e. The van der Waals surface area contributed by atoms with Crippen molar-refractivity contribution in [3.05, 3.63) is 80.7 Å². The molecule has 1 atom stereocenters. The van der Waals surface area contributed by atoms with Crippen LogP contribution in [0.2, 0.25) is 5.02 Å². The number of hydrazine groups is 2. The van der Waals surface area contributed by atoms with Gasteiger partial charge >= 0.3 is 0 Å². The van der Waals surface area contributed by atoms with Gasteiger partial charge in [0.15, 0.2) is 0 Å². The van der Waals surface area contributed by atoms with Crippen molar-refractivity contribution in [2.45, 2.75) is 19.9 Å². The monoisotopic (exact) mass is 507 g/mol. The first-order valence-corrected chi connectivity index (χ1v) is 11.7. The van der Waals surface area contributed by atoms with Gasteiger partial charge in [0, 0.05) is 29.5 Å². The minimum atomic E-state index is -0.449. The second-order valence-electron chi connectivity index (χ2n) is 7.80. The number of fused-ring (bicyclic) bond motifs is 1. The zero-order chi connectivity index (χ0) is 24.5. The van der Waals surface area contributed by atoms with Crippen LogP contribution in [0, 0.1) is 31.0 Å². The summed E-state index contributed by atoms with van der Waals surface area (Å²) in [6, 6.07) is 6.86. The molecule has 0 spiro atoms. The second-order valence-corrected chi connectivity index (χ2v) is 9.10. The van der Waals surface area contributed by atoms with Gasteiger partial charge in [0.25, 0.3) is 0 Å². The van der Waals surface area contributed by atoms with E-state index in [0.717, 1.165) is 16.3 Å². The summed E-state index contributed by atoms with van der Waals surface area (Å²) in [5.41, 5.74) is 15.1. The first kappa shape index (κ1) is 22.8. The van der Waals surface area contributed by atoms with E-state index in [0.29, 0.717) is 33.0 Å². The molecule has 176 valence electrons. The van der Waals surface area contributed by atoms with Gasteiger partial charge in [-0.3, -0.25) is 9.97 Å². The molecule has 5 rings (SSSR count). The van der Waals surface area contributed by atoms with E-state index >= 15 is 0 Å². The quantitative estimate of drug-likeness (QED) is 0.252. The maximum Gasteiger partial charge on any atom is 0.146 e. The molecule has 4 heterocycles. The minimum absolute atomic E-state index is 0.252. The molecular formula is C23H19ClFN9S. The number of pyridine rings is 2. The summed E-state index contributed by atoms with van der Waals surface area (Å²) in [5.74, 6) is -0.449. The molecule has 0 radical (unpaired) electrons. The molecule has 5 N–H and O–H groups in total. The predicted octanol–water partition coefficient (Wildman–Crippen LogP) is 4.72. The van der Waals surface area contributed by atoms with Gasteiger partial charge in [-0.25, -0.2) is 9.37 Å². The van der Waals surface area contributed by atoms with Gasteiger partial charge in [-0.05, 0) is 26.0 Å². The molecule has 4 aromatic rings. The number of nitrogens with zero attached hydrogens (tertiary/aromatic N) is 4. The van der Waals surface area contributed by atoms with Gasteiger partial charge in [0.1, 0.15) is 17.9 Å². The molecule has 1 aliphatic rings. The van der Waals surface area contributed by atoms with E-state index in [1.165, 1.54) is 29.8 Å². The molecule has 0 amide bonds. The van der Waals surface area contributed by atoms with E-state index in [9.17, 15) is 9.65 Å². The van der Waals surface area contributed by atoms with E-state index < -0.39 is 5.82 Å². The Hall–Kier alpha value is -3.98. The normalized spacial score (nSPS) is 13.5. The number of rotatable bonds is 6. The van der Waals surface area contributed by atoms with Crippen molar-refractivity contribution in [2.24, 2.45) is 0 Å². The number of halogens is 2. The molecule has 0 saturated carbocycles. The Labute approximate surface area is 209 Å². The number of anilines is 3. The Kier molecular flexibility index (Phi) is 6.08. The van der Waals surface area contributed by atoms with E-state index in [1.807, 2.05) is 19.2 Å². The topological polar surface area (TPSA) is 123 Å². The van der Waals surface area contributed by atoms with Crippen LogP contribution in [0.25, 0.3) is 10.9 Å². The number of aromatic nitrogens is 3. The van der Waals surface area contributed by atoms with Crippen molar-refractivity contribution in [1.29, 1.82) is 5.26 Å². The molecule has 35 heavy (non-hydrogen) atoms. The molecule has 0 bridgehead atoms. The lowest BCUT2D eigenvalue weighted by Crippen LogP contribution is -2.33. The van der Waals surface area contributed by atoms with Crippen molar-refractivity contribution in [2.75, 3.05) is 10.6 Å². The number of benzene rings is 1. The third-order valence-electron chi connectivity index (χ3n) is 5.51. The number of nitriles is 1. The zero-order valence-corrected chi connectivity index (χ0v) is 20.1. The second kappa shape index (κ2) is 9.34. The van der Waals surface area contributed by atoms with Crippen molar-refractivity contribution < 1.29 is 4.39 Å². The molecule has 0 fully saturated rings. The Morgan fingerprint density at radius 1 is 1.11 bits per heavy atom. The van der Waals surface area contributed by atoms with Crippen LogP contribution in [-0.4, -0.2) is 15.0 Å². The third kappa shape index (κ3) is 4.42. The van der Waals surface area contributed by atoms with Crippen LogP contribution in [0.1, 0.15) is 27.9 Å². The number of hydrogen-bond acceptors (Lipinski definition) is 10. The highest BCUT2D eigenvalue weighted by Crippen LogP contribution is 2.37. The average Bonchev–Trinajstić information content (AvgIpc) is 3.52. The fourth-order valence-electron chi connectivity index (χ4n) is 3.73. The lowest BCUT2D eigenvalue weighted by molar-refractivity contribution is 0.584. The van der Waals surface area contributed by atoms with Crippen molar-refractivity contribution >= 4 is 50.9 Å². The van der Waals surface area contributed by atoms with Gasteiger partial charge in [-0.2, -0.15) is 10.8 Å². The fourth-order valence-corrected chi connectivity index (χ4v) is 4.87. The molecule has 12 heteroatoms. The summed E-state index contributed by atoms with van der Waals surface area (Å²) in [5, 5.41) is 17.4. The maximum absolute atomic E-state index is 14.1. The maximum atomic E-state index is 14.1. The molecule has 3 aromatic heterocycles. The highest BCUT2D eigenvalue weighted by atomic mass is 35.5. The van der Waals surface area contributed by atoms with Gasteiger partial charge in [-0.1, -0.05) is 11.6 Å². The SMILES string of the molecule is Cc1ncc(Nc2c(C#N)cnc3c(Cl)cc(N[C@H](C4=CNNN4)c4scnc4C)cc23)cc1F. The molecule has 1 aromatic carbocycles. The van der Waals surface area contributed by atoms with Gasteiger partial charge in [-0.15, -0.1) is 11.3 Å². The van der Waals surface area contributed by atoms with E-state index in [4.69, 9.17) is 11.6 Å². The highest BCUT2D eigenvalue weighted by Gasteiger charge is 2.24. The number of nitrogens with one attached hydrogen (secondary N) is 5. The third-order valence-corrected chi connectivity index (χ3v) is 6.80. The molecule has 0 unspecified atom stereocenters. The van der Waals surface area contributed by atoms with Crippen LogP contribution in [0.4, 0.5) is 21.5 Å². The van der Waals surface area contributed by atoms with Crippen LogP contribution in [0.5, 0.6) is 0 Å². The smallest absolute Gasteiger partial charge is 0.146 e. The van der Waals surface area contributed by atoms with Gasteiger partial charge in [0.05, 0.1) is 61.1 Å². The summed E-state index contributed by atoms with van der Waals surface area (Å²) >= 11 is 8.16. The van der Waals surface area contributed by atoms with Crippen LogP contribution in [0.3, 0.4) is 0 Å². The van der Waals surface area contributed by atoms with E-state index in [1.54, 1.807) is 18.5 Å². The van der Waals surface area contributed by atoms with Gasteiger partial charge in [0.2, 0.25) is 0 Å². The first-order chi connectivity index (χ1) is 16.9. The van der Waals surface area contributed by atoms with Crippen molar-refractivity contribution in [3.63, 3.8) is 0 Å². The summed E-state index contributed by atoms with van der Waals surface area (Å²) < 4.78 is 14.1. The van der Waals surface area contributed by atoms with Crippen molar-refractivity contribution in [1.82, 2.24) is 31.3 Å². The van der Waals surface area contributed by atoms with Crippen molar-refractivity contribution in [3.8, 4) is 6.07 Å². The summed E-state index contributed by atoms with van der Waals surface area (Å²) in [4.78, 5) is 13.8. The summed E-state index contributed by atoms with van der Waals surface area (Å²) in [6.45, 7) is 3.53. The molecule has 9 nitrogen and oxygen atoms in total. The number of thiazole rings is 1. The fraction of sp³-hybridized carbons (Fsp3) is 0.130. The van der Waals surface area contributed by atoms with Crippen LogP contribution in [0.15, 0.2) is 48.0 Å². The molecule has 0 saturated heterocycles. The van der Waals surface area contributed by atoms with Crippen LogP contribution in [-0.2, 0) is 0 Å². The minimum Gasteiger partial charge on any atom is -0.372 e. The zero-order valence-electron chi connectivity index (χ0n) is 18.6. The lowest BCUT2D eigenvalue weighted by Gasteiger charge is -2.21. The standard InChI is InChI=1S/C23H19ClFN9S/c1-11-18(25)5-15(8-27-11)32-20-13(6-26)7-28-21-16(20)3-14(4-17(21)24)31-22(19-9-30-34-33-19)23-12(2)29-10-35-23/h3-5,7-10,22,30-31,33-34H,1-2H3,(H,28,32)/t22-/m1/s1. The van der Waals surface area contributed by atoms with E-state index in [-0.39, 0.29) is 17.3 Å². The molecular weight excluding hydrogens is 489 g/mol. The lowest BCUT2D eigenvalue weighted by atomic mass is 10.1. The number of hydrogen-bond donors (Lipinski definition) is 5. The predicted molar refractivity (Wildman–Crippen MR) is 134 cm³/mol. The van der Waals surface area contributed by atoms with Crippen LogP contribution >= 0.6 is 22.9 Å². The highest BCUT2D eigenvalue weighted by molar-refractivity contribution is 7.09.